The molecule has 1 heteroatoms. The van der Waals surface area contributed by atoms with Crippen molar-refractivity contribution in [1.82, 2.24) is 5.32 Å². The van der Waals surface area contributed by atoms with E-state index in [0.29, 0.717) is 5.92 Å². The van der Waals surface area contributed by atoms with Crippen molar-refractivity contribution in [1.29, 1.82) is 0 Å². The fourth-order valence-corrected chi connectivity index (χ4v) is 0.649. The predicted molar refractivity (Wildman–Crippen MR) is 46.7 cm³/mol. The second kappa shape index (κ2) is 4.86. The van der Waals surface area contributed by atoms with Gasteiger partial charge in [0, 0.05) is 12.7 Å². The first-order valence-corrected chi connectivity index (χ1v) is 3.35. The van der Waals surface area contributed by atoms with Gasteiger partial charge in [-0.1, -0.05) is 18.7 Å². The third kappa shape index (κ3) is 3.13. The molecule has 0 fully saturated rings. The topological polar surface area (TPSA) is 12.0 Å². The Morgan fingerprint density at radius 1 is 1.50 bits per heavy atom. The Kier molecular flexibility index (Phi) is 4.38. The Morgan fingerprint density at radius 2 is 2.00 bits per heavy atom. The van der Waals surface area contributed by atoms with E-state index in [1.54, 1.807) is 0 Å². The molecule has 0 saturated heterocycles. The Balaban J connectivity index is 3.73. The molecule has 0 radical (unpaired) electrons. The highest BCUT2D eigenvalue weighted by molar-refractivity contribution is 5.02. The van der Waals surface area contributed by atoms with Gasteiger partial charge in [-0.3, -0.25) is 0 Å². The van der Waals surface area contributed by atoms with Crippen LogP contribution >= 0.6 is 0 Å². The number of rotatable bonds is 5. The third-order valence-electron chi connectivity index (χ3n) is 1.44. The predicted octanol–water partition coefficient (Wildman–Crippen LogP) is 2.10. The number of allylic oxidation sites excluding steroid dienone is 3. The Hall–Kier alpha value is -0.980. The van der Waals surface area contributed by atoms with E-state index in [1.807, 2.05) is 19.2 Å². The monoisotopic (exact) mass is 137 g/mol. The molecular weight excluding hydrogens is 122 g/mol. The summed E-state index contributed by atoms with van der Waals surface area (Å²) in [7, 11) is 1.87. The van der Waals surface area contributed by atoms with Crippen molar-refractivity contribution in [3.8, 4) is 0 Å². The molecule has 0 aliphatic carbocycles. The van der Waals surface area contributed by atoms with Crippen LogP contribution in [0.2, 0.25) is 0 Å². The minimum atomic E-state index is 0.347. The van der Waals surface area contributed by atoms with Gasteiger partial charge in [0.2, 0.25) is 0 Å². The summed E-state index contributed by atoms with van der Waals surface area (Å²) in [4.78, 5) is 0. The molecule has 1 N–H and O–H groups in total. The highest BCUT2D eigenvalue weighted by Crippen LogP contribution is 2.09. The van der Waals surface area contributed by atoms with Crippen LogP contribution in [0.25, 0.3) is 0 Å². The summed E-state index contributed by atoms with van der Waals surface area (Å²) in [6, 6.07) is 0. The maximum absolute atomic E-state index is 3.80. The molecule has 0 saturated carbocycles. The quantitative estimate of drug-likeness (QED) is 0.572. The maximum atomic E-state index is 3.80. The molecule has 10 heavy (non-hydrogen) atoms. The summed E-state index contributed by atoms with van der Waals surface area (Å²) in [6.45, 7) is 11.2. The van der Waals surface area contributed by atoms with Crippen LogP contribution in [0.4, 0.5) is 0 Å². The van der Waals surface area contributed by atoms with Crippen LogP contribution in [0, 0.1) is 5.92 Å². The van der Waals surface area contributed by atoms with E-state index in [1.165, 1.54) is 0 Å². The Morgan fingerprint density at radius 3 is 2.30 bits per heavy atom. The molecule has 0 amide bonds. The SMILES string of the molecule is C=CC(C=C)CC(=C)NC. The molecule has 0 spiro atoms. The van der Waals surface area contributed by atoms with Crippen molar-refractivity contribution in [2.75, 3.05) is 7.05 Å². The summed E-state index contributed by atoms with van der Waals surface area (Å²) in [6.07, 6.45) is 4.63. The van der Waals surface area contributed by atoms with Crippen molar-refractivity contribution in [2.24, 2.45) is 5.92 Å². The summed E-state index contributed by atoms with van der Waals surface area (Å²) in [5.41, 5.74) is 1.02. The fourth-order valence-electron chi connectivity index (χ4n) is 0.649. The maximum Gasteiger partial charge on any atom is 0.00401 e. The molecule has 0 aromatic heterocycles. The Bertz CT molecular complexity index is 128. The van der Waals surface area contributed by atoms with Gasteiger partial charge in [-0.2, -0.15) is 0 Å². The molecule has 0 rings (SSSR count). The normalized spacial score (nSPS) is 9.00. The van der Waals surface area contributed by atoms with E-state index >= 15 is 0 Å². The van der Waals surface area contributed by atoms with Gasteiger partial charge < -0.3 is 5.32 Å². The van der Waals surface area contributed by atoms with Crippen molar-refractivity contribution in [3.63, 3.8) is 0 Å². The minimum absolute atomic E-state index is 0.347. The first-order valence-electron chi connectivity index (χ1n) is 3.35. The standard InChI is InChI=1S/C9H15N/c1-5-9(6-2)7-8(3)10-4/h5-6,9-10H,1-3,7H2,4H3. The second-order valence-electron chi connectivity index (χ2n) is 2.19. The number of hydrogen-bond donors (Lipinski definition) is 1. The van der Waals surface area contributed by atoms with Crippen molar-refractivity contribution < 1.29 is 0 Å². The zero-order chi connectivity index (χ0) is 7.98. The molecule has 0 unspecified atom stereocenters. The van der Waals surface area contributed by atoms with E-state index in [0.717, 1.165) is 12.1 Å². The van der Waals surface area contributed by atoms with Crippen LogP contribution in [0.1, 0.15) is 6.42 Å². The van der Waals surface area contributed by atoms with Crippen molar-refractivity contribution >= 4 is 0 Å². The zero-order valence-corrected chi connectivity index (χ0v) is 6.56. The van der Waals surface area contributed by atoms with Crippen LogP contribution < -0.4 is 5.32 Å². The highest BCUT2D eigenvalue weighted by Gasteiger charge is 1.98. The minimum Gasteiger partial charge on any atom is -0.392 e. The molecule has 0 aromatic rings. The first-order chi connectivity index (χ1) is 4.74. The molecular formula is C9H15N. The van der Waals surface area contributed by atoms with Gasteiger partial charge in [-0.05, 0) is 12.3 Å². The lowest BCUT2D eigenvalue weighted by Crippen LogP contribution is -2.07. The summed E-state index contributed by atoms with van der Waals surface area (Å²) in [5.74, 6) is 0.347. The highest BCUT2D eigenvalue weighted by atomic mass is 14.8. The molecule has 0 aliphatic heterocycles. The first kappa shape index (κ1) is 9.02. The Labute approximate surface area is 63.1 Å². The molecule has 0 aliphatic rings. The largest absolute Gasteiger partial charge is 0.392 e. The van der Waals surface area contributed by atoms with Crippen molar-refractivity contribution in [3.05, 3.63) is 37.6 Å². The average Bonchev–Trinajstić information content (AvgIpc) is 1.99. The van der Waals surface area contributed by atoms with Crippen LogP contribution in [0.5, 0.6) is 0 Å². The van der Waals surface area contributed by atoms with Gasteiger partial charge in [0.1, 0.15) is 0 Å². The zero-order valence-electron chi connectivity index (χ0n) is 6.56. The smallest absolute Gasteiger partial charge is 0.00401 e. The van der Waals surface area contributed by atoms with E-state index in [-0.39, 0.29) is 0 Å². The number of nitrogens with one attached hydrogen (secondary N) is 1. The lowest BCUT2D eigenvalue weighted by molar-refractivity contribution is 0.747. The lowest BCUT2D eigenvalue weighted by Gasteiger charge is -2.08. The van der Waals surface area contributed by atoms with Gasteiger partial charge in [-0.15, -0.1) is 13.2 Å². The van der Waals surface area contributed by atoms with Gasteiger partial charge in [-0.25, -0.2) is 0 Å². The number of hydrogen-bond acceptors (Lipinski definition) is 1. The van der Waals surface area contributed by atoms with Crippen LogP contribution in [0.3, 0.4) is 0 Å². The van der Waals surface area contributed by atoms with E-state index in [9.17, 15) is 0 Å². The lowest BCUT2D eigenvalue weighted by atomic mass is 10.0. The molecule has 0 bridgehead atoms. The van der Waals surface area contributed by atoms with Gasteiger partial charge >= 0.3 is 0 Å². The van der Waals surface area contributed by atoms with Gasteiger partial charge in [0.25, 0.3) is 0 Å². The third-order valence-corrected chi connectivity index (χ3v) is 1.44. The van der Waals surface area contributed by atoms with Crippen LogP contribution in [-0.4, -0.2) is 7.05 Å². The van der Waals surface area contributed by atoms with Crippen molar-refractivity contribution in [2.45, 2.75) is 6.42 Å². The molecule has 1 nitrogen and oxygen atoms in total. The molecule has 0 atom stereocenters. The van der Waals surface area contributed by atoms with Crippen LogP contribution in [0.15, 0.2) is 37.6 Å². The summed E-state index contributed by atoms with van der Waals surface area (Å²) >= 11 is 0. The summed E-state index contributed by atoms with van der Waals surface area (Å²) < 4.78 is 0. The van der Waals surface area contributed by atoms with Crippen LogP contribution in [-0.2, 0) is 0 Å². The fraction of sp³-hybridized carbons (Fsp3) is 0.333. The molecule has 0 aromatic carbocycles. The second-order valence-corrected chi connectivity index (χ2v) is 2.19. The van der Waals surface area contributed by atoms with E-state index in [4.69, 9.17) is 0 Å². The molecule has 56 valence electrons. The molecule has 0 heterocycles. The van der Waals surface area contributed by atoms with Gasteiger partial charge in [0.15, 0.2) is 0 Å². The van der Waals surface area contributed by atoms with Gasteiger partial charge in [0.05, 0.1) is 0 Å². The van der Waals surface area contributed by atoms with E-state index < -0.39 is 0 Å². The summed E-state index contributed by atoms with van der Waals surface area (Å²) in [5, 5.41) is 2.97. The van der Waals surface area contributed by atoms with E-state index in [2.05, 4.69) is 25.1 Å². The average molecular weight is 137 g/mol.